The van der Waals surface area contributed by atoms with E-state index in [1.165, 1.54) is 99.2 Å². The van der Waals surface area contributed by atoms with Crippen LogP contribution in [0.3, 0.4) is 0 Å². The third kappa shape index (κ3) is 5.00. The molecule has 0 aliphatic heterocycles. The van der Waals surface area contributed by atoms with E-state index in [9.17, 15) is 0 Å². The molecule has 59 heavy (non-hydrogen) atoms. The Morgan fingerprint density at radius 3 is 1.49 bits per heavy atom. The molecule has 2 nitrogen and oxygen atoms in total. The quantitative estimate of drug-likeness (QED) is 0.166. The topological polar surface area (TPSA) is 9.86 Å². The molecule has 0 N–H and O–H groups in total. The minimum atomic E-state index is -0.0717. The Bertz CT molecular complexity index is 3420. The predicted octanol–water partition coefficient (Wildman–Crippen LogP) is 15.2. The van der Waals surface area contributed by atoms with Crippen LogP contribution in [0.2, 0.25) is 0 Å². The maximum absolute atomic E-state index is 2.50. The van der Waals surface area contributed by atoms with Crippen LogP contribution in [-0.4, -0.2) is 9.13 Å². The molecule has 0 amide bonds. The van der Waals surface area contributed by atoms with Crippen molar-refractivity contribution < 1.29 is 0 Å². The van der Waals surface area contributed by atoms with Crippen molar-refractivity contribution in [3.05, 3.63) is 217 Å². The van der Waals surface area contributed by atoms with Gasteiger partial charge in [-0.15, -0.1) is 0 Å². The Hall–Kier alpha value is -7.42. The largest absolute Gasteiger partial charge is 0.309 e. The molecule has 2 heteroatoms. The zero-order chi connectivity index (χ0) is 39.2. The first-order chi connectivity index (χ1) is 29.0. The minimum Gasteiger partial charge on any atom is -0.309 e. The molecular formula is C57H40N2. The van der Waals surface area contributed by atoms with Gasteiger partial charge in [-0.25, -0.2) is 0 Å². The standard InChI is InChI=1S/C57H40N2/c1-57(2)49-26-16-15-25-44(49)45-30-27-39(33-50(45)57)41-29-31-46-51(35-41)58(42-21-11-5-12-22-42)53-36-48(38-19-9-4-10-20-38)56-55(54(46)53)47-32-28-40(37-17-7-3-8-18-37)34-52(47)59(56)43-23-13-6-14-24-43/h3-36H,1-2H3. The van der Waals surface area contributed by atoms with Crippen molar-refractivity contribution in [2.24, 2.45) is 0 Å². The molecule has 0 saturated carbocycles. The van der Waals surface area contributed by atoms with Gasteiger partial charge in [0.25, 0.3) is 0 Å². The van der Waals surface area contributed by atoms with Crippen LogP contribution in [0.5, 0.6) is 0 Å². The number of fused-ring (bicyclic) bond motifs is 10. The monoisotopic (exact) mass is 752 g/mol. The van der Waals surface area contributed by atoms with Crippen molar-refractivity contribution >= 4 is 43.6 Å². The van der Waals surface area contributed by atoms with E-state index >= 15 is 0 Å². The summed E-state index contributed by atoms with van der Waals surface area (Å²) in [4.78, 5) is 0. The van der Waals surface area contributed by atoms with Crippen LogP contribution in [0.1, 0.15) is 25.0 Å². The van der Waals surface area contributed by atoms with E-state index in [0.717, 1.165) is 11.4 Å². The van der Waals surface area contributed by atoms with E-state index in [4.69, 9.17) is 0 Å². The molecule has 2 aromatic heterocycles. The first kappa shape index (κ1) is 33.7. The van der Waals surface area contributed by atoms with E-state index in [1.807, 2.05) is 0 Å². The van der Waals surface area contributed by atoms with Crippen LogP contribution in [0.4, 0.5) is 0 Å². The molecule has 12 rings (SSSR count). The van der Waals surface area contributed by atoms with Gasteiger partial charge in [0.2, 0.25) is 0 Å². The number of rotatable bonds is 5. The first-order valence-electron chi connectivity index (χ1n) is 20.6. The van der Waals surface area contributed by atoms with Crippen LogP contribution in [0, 0.1) is 0 Å². The Kier molecular flexibility index (Phi) is 7.31. The Morgan fingerprint density at radius 2 is 0.814 bits per heavy atom. The van der Waals surface area contributed by atoms with Gasteiger partial charge in [-0.2, -0.15) is 0 Å². The van der Waals surface area contributed by atoms with E-state index in [2.05, 4.69) is 229 Å². The highest BCUT2D eigenvalue weighted by Gasteiger charge is 2.35. The van der Waals surface area contributed by atoms with Crippen molar-refractivity contribution in [2.45, 2.75) is 19.3 Å². The maximum Gasteiger partial charge on any atom is 0.0627 e. The number of aromatic nitrogens is 2. The van der Waals surface area contributed by atoms with Gasteiger partial charge in [0.05, 0.1) is 22.1 Å². The third-order valence-corrected chi connectivity index (χ3v) is 12.9. The summed E-state index contributed by atoms with van der Waals surface area (Å²) in [6.07, 6.45) is 0. The third-order valence-electron chi connectivity index (χ3n) is 12.9. The molecule has 0 radical (unpaired) electrons. The first-order valence-corrected chi connectivity index (χ1v) is 20.6. The van der Waals surface area contributed by atoms with Gasteiger partial charge in [-0.05, 0) is 98.6 Å². The summed E-state index contributed by atoms with van der Waals surface area (Å²) in [6, 6.07) is 76.1. The molecular weight excluding hydrogens is 713 g/mol. The molecule has 0 spiro atoms. The van der Waals surface area contributed by atoms with Crippen LogP contribution < -0.4 is 0 Å². The molecule has 0 atom stereocenters. The molecule has 1 aliphatic rings. The fraction of sp³-hybridized carbons (Fsp3) is 0.0526. The van der Waals surface area contributed by atoms with Crippen LogP contribution >= 0.6 is 0 Å². The van der Waals surface area contributed by atoms with Gasteiger partial charge in [-0.1, -0.05) is 172 Å². The second kappa shape index (κ2) is 12.8. The summed E-state index contributed by atoms with van der Waals surface area (Å²) in [5, 5.41) is 5.01. The Balaban J connectivity index is 1.21. The van der Waals surface area contributed by atoms with Crippen molar-refractivity contribution in [1.29, 1.82) is 0 Å². The zero-order valence-electron chi connectivity index (χ0n) is 33.0. The number of benzene rings is 9. The van der Waals surface area contributed by atoms with Gasteiger partial charge in [-0.3, -0.25) is 0 Å². The average molecular weight is 753 g/mol. The smallest absolute Gasteiger partial charge is 0.0627 e. The fourth-order valence-electron chi connectivity index (χ4n) is 10.1. The van der Waals surface area contributed by atoms with Gasteiger partial charge in [0, 0.05) is 43.9 Å². The highest BCUT2D eigenvalue weighted by molar-refractivity contribution is 6.32. The van der Waals surface area contributed by atoms with Gasteiger partial charge in [0.15, 0.2) is 0 Å². The molecule has 0 bridgehead atoms. The van der Waals surface area contributed by atoms with Gasteiger partial charge >= 0.3 is 0 Å². The summed E-state index contributed by atoms with van der Waals surface area (Å²) in [5.41, 5.74) is 19.7. The molecule has 0 unspecified atom stereocenters. The number of hydrogen-bond donors (Lipinski definition) is 0. The Labute approximate surface area is 343 Å². The maximum atomic E-state index is 2.50. The normalized spacial score (nSPS) is 13.1. The average Bonchev–Trinajstić information content (AvgIpc) is 3.89. The number of para-hydroxylation sites is 2. The number of nitrogens with zero attached hydrogens (tertiary/aromatic N) is 2. The molecule has 1 aliphatic carbocycles. The lowest BCUT2D eigenvalue weighted by molar-refractivity contribution is 0.660. The molecule has 2 heterocycles. The SMILES string of the molecule is CC1(C)c2ccccc2-c2ccc(-c3ccc4c5c6c7ccc(-c8ccccc8)cc7n(-c7ccccc7)c6c(-c6ccccc6)cc5n(-c5ccccc5)c4c3)cc21. The lowest BCUT2D eigenvalue weighted by Crippen LogP contribution is -2.14. The van der Waals surface area contributed by atoms with Crippen LogP contribution in [0.25, 0.3) is 99.5 Å². The van der Waals surface area contributed by atoms with Crippen molar-refractivity contribution in [1.82, 2.24) is 9.13 Å². The second-order valence-electron chi connectivity index (χ2n) is 16.5. The lowest BCUT2D eigenvalue weighted by Gasteiger charge is -2.22. The number of hydrogen-bond acceptors (Lipinski definition) is 0. The van der Waals surface area contributed by atoms with E-state index in [1.54, 1.807) is 0 Å². The Morgan fingerprint density at radius 1 is 0.322 bits per heavy atom. The second-order valence-corrected chi connectivity index (χ2v) is 16.5. The van der Waals surface area contributed by atoms with Crippen LogP contribution in [-0.2, 0) is 5.41 Å². The molecule has 11 aromatic rings. The van der Waals surface area contributed by atoms with Gasteiger partial charge < -0.3 is 9.13 Å². The van der Waals surface area contributed by atoms with Crippen molar-refractivity contribution in [3.8, 4) is 55.9 Å². The zero-order valence-corrected chi connectivity index (χ0v) is 33.0. The summed E-state index contributed by atoms with van der Waals surface area (Å²) in [7, 11) is 0. The molecule has 9 aromatic carbocycles. The summed E-state index contributed by atoms with van der Waals surface area (Å²) in [6.45, 7) is 4.73. The van der Waals surface area contributed by atoms with Crippen LogP contribution in [0.15, 0.2) is 206 Å². The van der Waals surface area contributed by atoms with E-state index < -0.39 is 0 Å². The fourth-order valence-corrected chi connectivity index (χ4v) is 10.1. The highest BCUT2D eigenvalue weighted by atomic mass is 15.0. The summed E-state index contributed by atoms with van der Waals surface area (Å²) >= 11 is 0. The predicted molar refractivity (Wildman–Crippen MR) is 249 cm³/mol. The highest BCUT2D eigenvalue weighted by Crippen LogP contribution is 2.51. The lowest BCUT2D eigenvalue weighted by atomic mass is 9.81. The summed E-state index contributed by atoms with van der Waals surface area (Å²) in [5.74, 6) is 0. The summed E-state index contributed by atoms with van der Waals surface area (Å²) < 4.78 is 5.00. The van der Waals surface area contributed by atoms with E-state index in [0.29, 0.717) is 0 Å². The van der Waals surface area contributed by atoms with Crippen molar-refractivity contribution in [2.75, 3.05) is 0 Å². The minimum absolute atomic E-state index is 0.0717. The molecule has 0 fully saturated rings. The molecule has 278 valence electrons. The molecule has 0 saturated heterocycles. The van der Waals surface area contributed by atoms with Crippen molar-refractivity contribution in [3.63, 3.8) is 0 Å². The van der Waals surface area contributed by atoms with E-state index in [-0.39, 0.29) is 5.41 Å². The van der Waals surface area contributed by atoms with Gasteiger partial charge in [0.1, 0.15) is 0 Å².